The van der Waals surface area contributed by atoms with Crippen LogP contribution in [-0.4, -0.2) is 23.0 Å². The Morgan fingerprint density at radius 1 is 1.42 bits per heavy atom. The molecule has 0 spiro atoms. The van der Waals surface area contributed by atoms with E-state index in [-0.39, 0.29) is 24.0 Å². The van der Waals surface area contributed by atoms with E-state index in [2.05, 4.69) is 22.5 Å². The highest BCUT2D eigenvalue weighted by atomic mass is 16.4. The molecule has 5 heteroatoms. The summed E-state index contributed by atoms with van der Waals surface area (Å²) >= 11 is 0. The Kier molecular flexibility index (Phi) is 6.02. The first kappa shape index (κ1) is 15.7. The third-order valence-electron chi connectivity index (χ3n) is 3.01. The number of nitrogens with one attached hydrogen (secondary N) is 2. The molecule has 0 aliphatic heterocycles. The van der Waals surface area contributed by atoms with Crippen LogP contribution in [0.3, 0.4) is 0 Å². The molecule has 0 bridgehead atoms. The van der Waals surface area contributed by atoms with Crippen molar-refractivity contribution in [2.75, 3.05) is 0 Å². The second-order valence-electron chi connectivity index (χ2n) is 5.12. The van der Waals surface area contributed by atoms with Crippen molar-refractivity contribution < 1.29 is 9.21 Å². The van der Waals surface area contributed by atoms with E-state index in [0.717, 1.165) is 18.6 Å². The molecule has 108 valence electrons. The van der Waals surface area contributed by atoms with E-state index in [4.69, 9.17) is 4.42 Å². The first-order valence-corrected chi connectivity index (χ1v) is 6.92. The summed E-state index contributed by atoms with van der Waals surface area (Å²) in [4.78, 5) is 16.1. The number of oxazole rings is 1. The highest BCUT2D eigenvalue weighted by Gasteiger charge is 2.19. The average Bonchev–Trinajstić information content (AvgIpc) is 2.76. The molecule has 1 amide bonds. The summed E-state index contributed by atoms with van der Waals surface area (Å²) in [6.45, 7) is 9.77. The summed E-state index contributed by atoms with van der Waals surface area (Å²) < 4.78 is 5.44. The summed E-state index contributed by atoms with van der Waals surface area (Å²) in [6, 6.07) is -0.154. The Morgan fingerprint density at radius 2 is 2.11 bits per heavy atom. The van der Waals surface area contributed by atoms with Crippen LogP contribution >= 0.6 is 0 Å². The second kappa shape index (κ2) is 7.28. The Balaban J connectivity index is 2.45. The minimum absolute atomic E-state index is 0.0103. The van der Waals surface area contributed by atoms with Gasteiger partial charge in [0.2, 0.25) is 11.8 Å². The minimum Gasteiger partial charge on any atom is -0.444 e. The number of aryl methyl sites for hydroxylation is 1. The number of carbonyl (C=O) groups excluding carboxylic acids is 1. The van der Waals surface area contributed by atoms with Crippen molar-refractivity contribution in [3.63, 3.8) is 0 Å². The van der Waals surface area contributed by atoms with E-state index < -0.39 is 0 Å². The first-order chi connectivity index (χ1) is 8.93. The lowest BCUT2D eigenvalue weighted by molar-refractivity contribution is -0.123. The topological polar surface area (TPSA) is 67.2 Å². The van der Waals surface area contributed by atoms with Crippen molar-refractivity contribution in [3.05, 3.63) is 17.8 Å². The largest absolute Gasteiger partial charge is 0.444 e. The van der Waals surface area contributed by atoms with Gasteiger partial charge in [-0.15, -0.1) is 0 Å². The van der Waals surface area contributed by atoms with Gasteiger partial charge < -0.3 is 9.73 Å². The fraction of sp³-hybridized carbons (Fsp3) is 0.714. The lowest BCUT2D eigenvalue weighted by Gasteiger charge is -2.20. The fourth-order valence-corrected chi connectivity index (χ4v) is 1.97. The van der Waals surface area contributed by atoms with Crippen molar-refractivity contribution in [1.29, 1.82) is 0 Å². The van der Waals surface area contributed by atoms with E-state index in [1.165, 1.54) is 0 Å². The number of hydrogen-bond acceptors (Lipinski definition) is 4. The molecule has 1 aromatic rings. The van der Waals surface area contributed by atoms with Crippen molar-refractivity contribution in [2.45, 2.75) is 65.6 Å². The van der Waals surface area contributed by atoms with E-state index in [1.807, 2.05) is 27.7 Å². The summed E-state index contributed by atoms with van der Waals surface area (Å²) in [5.41, 5.74) is 0. The second-order valence-corrected chi connectivity index (χ2v) is 5.12. The zero-order valence-electron chi connectivity index (χ0n) is 12.5. The van der Waals surface area contributed by atoms with Crippen LogP contribution in [0.15, 0.2) is 10.6 Å². The highest BCUT2D eigenvalue weighted by molar-refractivity contribution is 5.81. The molecular weight excluding hydrogens is 242 g/mol. The SMILES string of the molecule is CCCC(C)NC(=O)C(C)NC(C)c1ncc(C)o1. The van der Waals surface area contributed by atoms with Crippen LogP contribution in [0, 0.1) is 6.92 Å². The fourth-order valence-electron chi connectivity index (χ4n) is 1.97. The molecule has 1 aromatic heterocycles. The van der Waals surface area contributed by atoms with Gasteiger partial charge in [0, 0.05) is 6.04 Å². The maximum Gasteiger partial charge on any atom is 0.237 e. The molecule has 1 rings (SSSR count). The molecule has 1 heterocycles. The summed E-state index contributed by atoms with van der Waals surface area (Å²) in [6.07, 6.45) is 3.74. The molecular formula is C14H25N3O2. The molecule has 0 radical (unpaired) electrons. The molecule has 0 aliphatic rings. The average molecular weight is 267 g/mol. The van der Waals surface area contributed by atoms with Crippen LogP contribution in [0.25, 0.3) is 0 Å². The van der Waals surface area contributed by atoms with Crippen molar-refractivity contribution in [2.24, 2.45) is 0 Å². The van der Waals surface area contributed by atoms with Gasteiger partial charge in [0.25, 0.3) is 0 Å². The molecule has 0 aromatic carbocycles. The number of rotatable bonds is 7. The Bertz CT molecular complexity index is 403. The van der Waals surface area contributed by atoms with Gasteiger partial charge in [-0.05, 0) is 34.1 Å². The maximum atomic E-state index is 12.0. The van der Waals surface area contributed by atoms with Gasteiger partial charge in [0.1, 0.15) is 5.76 Å². The molecule has 0 saturated heterocycles. The van der Waals surface area contributed by atoms with Crippen LogP contribution in [0.2, 0.25) is 0 Å². The number of hydrogen-bond donors (Lipinski definition) is 2. The van der Waals surface area contributed by atoms with E-state index >= 15 is 0 Å². The normalized spacial score (nSPS) is 15.8. The van der Waals surface area contributed by atoms with Gasteiger partial charge in [0.05, 0.1) is 18.3 Å². The van der Waals surface area contributed by atoms with Gasteiger partial charge >= 0.3 is 0 Å². The third-order valence-corrected chi connectivity index (χ3v) is 3.01. The molecule has 3 unspecified atom stereocenters. The van der Waals surface area contributed by atoms with E-state index in [9.17, 15) is 4.79 Å². The van der Waals surface area contributed by atoms with Crippen LogP contribution in [0.1, 0.15) is 58.2 Å². The number of nitrogens with zero attached hydrogens (tertiary/aromatic N) is 1. The molecule has 0 saturated carbocycles. The maximum absolute atomic E-state index is 12.0. The van der Waals surface area contributed by atoms with Gasteiger partial charge in [-0.2, -0.15) is 0 Å². The van der Waals surface area contributed by atoms with Crippen molar-refractivity contribution in [1.82, 2.24) is 15.6 Å². The van der Waals surface area contributed by atoms with Gasteiger partial charge in [0.15, 0.2) is 0 Å². The Hall–Kier alpha value is -1.36. The van der Waals surface area contributed by atoms with Crippen molar-refractivity contribution in [3.8, 4) is 0 Å². The highest BCUT2D eigenvalue weighted by Crippen LogP contribution is 2.12. The summed E-state index contributed by atoms with van der Waals surface area (Å²) in [7, 11) is 0. The molecule has 0 fully saturated rings. The zero-order chi connectivity index (χ0) is 14.4. The smallest absolute Gasteiger partial charge is 0.237 e. The van der Waals surface area contributed by atoms with E-state index in [0.29, 0.717) is 5.89 Å². The summed E-state index contributed by atoms with van der Waals surface area (Å²) in [5, 5.41) is 6.18. The molecule has 5 nitrogen and oxygen atoms in total. The lowest BCUT2D eigenvalue weighted by atomic mass is 10.2. The molecule has 19 heavy (non-hydrogen) atoms. The number of carbonyl (C=O) groups is 1. The number of aromatic nitrogens is 1. The Labute approximate surface area is 115 Å². The molecule has 0 aliphatic carbocycles. The van der Waals surface area contributed by atoms with Crippen LogP contribution in [-0.2, 0) is 4.79 Å². The standard InChI is InChI=1S/C14H25N3O2/c1-6-7-9(2)16-13(18)11(4)17-12(5)14-15-8-10(3)19-14/h8-9,11-12,17H,6-7H2,1-5H3,(H,16,18). The molecule has 3 atom stereocenters. The summed E-state index contributed by atoms with van der Waals surface area (Å²) in [5.74, 6) is 1.40. The quantitative estimate of drug-likeness (QED) is 0.795. The number of amides is 1. The lowest BCUT2D eigenvalue weighted by Crippen LogP contribution is -2.46. The van der Waals surface area contributed by atoms with Crippen LogP contribution in [0.5, 0.6) is 0 Å². The zero-order valence-corrected chi connectivity index (χ0v) is 12.5. The minimum atomic E-state index is -0.276. The predicted molar refractivity (Wildman–Crippen MR) is 74.8 cm³/mol. The van der Waals surface area contributed by atoms with Gasteiger partial charge in [-0.3, -0.25) is 10.1 Å². The van der Waals surface area contributed by atoms with Crippen LogP contribution < -0.4 is 10.6 Å². The monoisotopic (exact) mass is 267 g/mol. The molecule has 2 N–H and O–H groups in total. The van der Waals surface area contributed by atoms with Crippen LogP contribution in [0.4, 0.5) is 0 Å². The van der Waals surface area contributed by atoms with Gasteiger partial charge in [-0.25, -0.2) is 4.98 Å². The van der Waals surface area contributed by atoms with Crippen molar-refractivity contribution >= 4 is 5.91 Å². The van der Waals surface area contributed by atoms with E-state index in [1.54, 1.807) is 6.20 Å². The Morgan fingerprint density at radius 3 is 2.63 bits per heavy atom. The predicted octanol–water partition coefficient (Wildman–Crippen LogP) is 2.33. The first-order valence-electron chi connectivity index (χ1n) is 6.92. The third kappa shape index (κ3) is 5.03. The van der Waals surface area contributed by atoms with Gasteiger partial charge in [-0.1, -0.05) is 13.3 Å².